The normalized spacial score (nSPS) is 12.7. The number of carboxylic acids is 1. The fraction of sp³-hybridized carbons (Fsp3) is 0.385. The number of carbonyl (C=O) groups excluding carboxylic acids is 1. The molecule has 0 saturated heterocycles. The first kappa shape index (κ1) is 17.0. The van der Waals surface area contributed by atoms with Crippen molar-refractivity contribution in [2.75, 3.05) is 6.61 Å². The molecule has 1 unspecified atom stereocenters. The number of hydrogen-bond acceptors (Lipinski definition) is 3. The number of carbonyl (C=O) groups is 2. The molecule has 116 valence electrons. The van der Waals surface area contributed by atoms with Gasteiger partial charge in [0.1, 0.15) is 6.04 Å². The van der Waals surface area contributed by atoms with Crippen molar-refractivity contribution in [3.63, 3.8) is 0 Å². The summed E-state index contributed by atoms with van der Waals surface area (Å²) in [6, 6.07) is 7.34. The van der Waals surface area contributed by atoms with Crippen LogP contribution < -0.4 is 5.32 Å². The maximum Gasteiger partial charge on any atom is 0.471 e. The summed E-state index contributed by atoms with van der Waals surface area (Å²) in [7, 11) is 0. The van der Waals surface area contributed by atoms with Crippen LogP contribution in [0.5, 0.6) is 0 Å². The highest BCUT2D eigenvalue weighted by molar-refractivity contribution is 5.86. The summed E-state index contributed by atoms with van der Waals surface area (Å²) in [5.41, 5.74) is 0.851. The molecule has 21 heavy (non-hydrogen) atoms. The van der Waals surface area contributed by atoms with Gasteiger partial charge in [-0.3, -0.25) is 4.79 Å². The number of hydrogen-bond donors (Lipinski definition) is 2. The van der Waals surface area contributed by atoms with Crippen molar-refractivity contribution in [1.82, 2.24) is 5.32 Å². The highest BCUT2D eigenvalue weighted by atomic mass is 19.4. The smallest absolute Gasteiger partial charge is 0.471 e. The van der Waals surface area contributed by atoms with Crippen LogP contribution in [0.1, 0.15) is 12.0 Å². The molecule has 0 heterocycles. The zero-order valence-corrected chi connectivity index (χ0v) is 10.9. The van der Waals surface area contributed by atoms with Crippen LogP contribution in [-0.4, -0.2) is 35.8 Å². The second-order valence-corrected chi connectivity index (χ2v) is 4.19. The van der Waals surface area contributed by atoms with Crippen molar-refractivity contribution in [3.8, 4) is 0 Å². The van der Waals surface area contributed by atoms with Gasteiger partial charge in [-0.2, -0.15) is 13.2 Å². The second-order valence-electron chi connectivity index (χ2n) is 4.19. The lowest BCUT2D eigenvalue weighted by atomic mass is 10.2. The Bertz CT molecular complexity index is 476. The topological polar surface area (TPSA) is 75.6 Å². The first-order valence-corrected chi connectivity index (χ1v) is 6.03. The molecule has 5 nitrogen and oxygen atoms in total. The van der Waals surface area contributed by atoms with Crippen molar-refractivity contribution < 1.29 is 32.6 Å². The van der Waals surface area contributed by atoms with Gasteiger partial charge in [0.15, 0.2) is 0 Å². The van der Waals surface area contributed by atoms with Crippen molar-refractivity contribution in [2.24, 2.45) is 0 Å². The van der Waals surface area contributed by atoms with E-state index < -0.39 is 24.1 Å². The summed E-state index contributed by atoms with van der Waals surface area (Å²) in [6.45, 7) is 0.115. The molecule has 1 rings (SSSR count). The first-order chi connectivity index (χ1) is 9.80. The minimum absolute atomic E-state index is 0.0933. The van der Waals surface area contributed by atoms with Crippen molar-refractivity contribution in [1.29, 1.82) is 0 Å². The van der Waals surface area contributed by atoms with Gasteiger partial charge in [-0.15, -0.1) is 0 Å². The molecule has 8 heteroatoms. The van der Waals surface area contributed by atoms with E-state index in [-0.39, 0.29) is 19.6 Å². The number of rotatable bonds is 7. The van der Waals surface area contributed by atoms with E-state index in [1.807, 2.05) is 6.07 Å². The third kappa shape index (κ3) is 6.26. The molecule has 0 fully saturated rings. The minimum Gasteiger partial charge on any atom is -0.480 e. The summed E-state index contributed by atoms with van der Waals surface area (Å²) >= 11 is 0. The molecule has 1 aromatic rings. The molecule has 0 aromatic heterocycles. The first-order valence-electron chi connectivity index (χ1n) is 6.03. The van der Waals surface area contributed by atoms with Gasteiger partial charge < -0.3 is 15.2 Å². The van der Waals surface area contributed by atoms with Crippen molar-refractivity contribution >= 4 is 11.9 Å². The van der Waals surface area contributed by atoms with Gasteiger partial charge in [0.05, 0.1) is 6.61 Å². The summed E-state index contributed by atoms with van der Waals surface area (Å²) < 4.78 is 41.3. The van der Waals surface area contributed by atoms with E-state index in [1.54, 1.807) is 24.3 Å². The molecule has 1 amide bonds. The van der Waals surface area contributed by atoms with Crippen LogP contribution in [0, 0.1) is 0 Å². The van der Waals surface area contributed by atoms with Crippen molar-refractivity contribution in [2.45, 2.75) is 25.2 Å². The molecule has 0 spiro atoms. The number of nitrogens with one attached hydrogen (secondary N) is 1. The summed E-state index contributed by atoms with van der Waals surface area (Å²) in [4.78, 5) is 21.5. The van der Waals surface area contributed by atoms with Gasteiger partial charge in [-0.25, -0.2) is 4.79 Å². The fourth-order valence-electron chi connectivity index (χ4n) is 1.46. The second kappa shape index (κ2) is 7.63. The van der Waals surface area contributed by atoms with Crippen molar-refractivity contribution in [3.05, 3.63) is 35.9 Å². The molecule has 2 N–H and O–H groups in total. The molecule has 0 saturated carbocycles. The van der Waals surface area contributed by atoms with E-state index in [0.29, 0.717) is 0 Å². The minimum atomic E-state index is -5.11. The van der Waals surface area contributed by atoms with Crippen LogP contribution in [0.4, 0.5) is 13.2 Å². The van der Waals surface area contributed by atoms with Gasteiger partial charge in [-0.05, 0) is 5.56 Å². The number of carboxylic acid groups (broad SMARTS) is 1. The summed E-state index contributed by atoms with van der Waals surface area (Å²) in [5.74, 6) is -3.83. The quantitative estimate of drug-likeness (QED) is 0.752. The number of aliphatic carboxylic acids is 1. The van der Waals surface area contributed by atoms with Crippen LogP contribution in [0.3, 0.4) is 0 Å². The molecule has 1 atom stereocenters. The van der Waals surface area contributed by atoms with E-state index in [4.69, 9.17) is 9.84 Å². The van der Waals surface area contributed by atoms with Crippen LogP contribution >= 0.6 is 0 Å². The van der Waals surface area contributed by atoms with E-state index in [0.717, 1.165) is 5.56 Å². The lowest BCUT2D eigenvalue weighted by Gasteiger charge is -2.15. The number of ether oxygens (including phenoxy) is 1. The number of amides is 1. The predicted octanol–water partition coefficient (Wildman–Crippen LogP) is 1.72. The number of alkyl halides is 3. The van der Waals surface area contributed by atoms with E-state index in [9.17, 15) is 22.8 Å². The molecular formula is C13H14F3NO4. The van der Waals surface area contributed by atoms with Crippen LogP contribution in [0.2, 0.25) is 0 Å². The van der Waals surface area contributed by atoms with Gasteiger partial charge in [-0.1, -0.05) is 30.3 Å². The standard InChI is InChI=1S/C13H14F3NO4/c14-13(15,16)12(20)17-10(11(18)19)6-7-21-8-9-4-2-1-3-5-9/h1-5,10H,6-8H2,(H,17,20)(H,18,19). The Kier molecular flexibility index (Phi) is 6.16. The Balaban J connectivity index is 2.38. The third-order valence-corrected chi connectivity index (χ3v) is 2.52. The molecule has 0 radical (unpaired) electrons. The maximum absolute atomic E-state index is 12.0. The van der Waals surface area contributed by atoms with Crippen LogP contribution in [0.15, 0.2) is 30.3 Å². The Hall–Kier alpha value is -2.09. The predicted molar refractivity (Wildman–Crippen MR) is 66.3 cm³/mol. The zero-order valence-electron chi connectivity index (χ0n) is 10.9. The van der Waals surface area contributed by atoms with Gasteiger partial charge in [0.2, 0.25) is 0 Å². The third-order valence-electron chi connectivity index (χ3n) is 2.52. The maximum atomic E-state index is 12.0. The van der Waals surface area contributed by atoms with Crippen LogP contribution in [-0.2, 0) is 20.9 Å². The number of halogens is 3. The molecule has 0 aliphatic carbocycles. The van der Waals surface area contributed by atoms with Gasteiger partial charge in [0, 0.05) is 13.0 Å². The Labute approximate surface area is 118 Å². The zero-order chi connectivity index (χ0) is 15.9. The average Bonchev–Trinajstić information content (AvgIpc) is 2.41. The molecule has 0 aliphatic rings. The summed E-state index contributed by atoms with van der Waals surface area (Å²) in [6.07, 6.45) is -5.37. The van der Waals surface area contributed by atoms with Gasteiger partial charge >= 0.3 is 18.1 Å². The fourth-order valence-corrected chi connectivity index (χ4v) is 1.46. The molecular weight excluding hydrogens is 291 g/mol. The van der Waals surface area contributed by atoms with E-state index in [2.05, 4.69) is 0 Å². The number of benzene rings is 1. The highest BCUT2D eigenvalue weighted by Crippen LogP contribution is 2.15. The average molecular weight is 305 g/mol. The molecule has 0 bridgehead atoms. The molecule has 0 aliphatic heterocycles. The van der Waals surface area contributed by atoms with E-state index >= 15 is 0 Å². The van der Waals surface area contributed by atoms with Crippen LogP contribution in [0.25, 0.3) is 0 Å². The lowest BCUT2D eigenvalue weighted by Crippen LogP contribution is -2.47. The Morgan fingerprint density at radius 1 is 1.24 bits per heavy atom. The molecule has 1 aromatic carbocycles. The lowest BCUT2D eigenvalue weighted by molar-refractivity contribution is -0.175. The van der Waals surface area contributed by atoms with E-state index in [1.165, 1.54) is 5.32 Å². The largest absolute Gasteiger partial charge is 0.480 e. The highest BCUT2D eigenvalue weighted by Gasteiger charge is 2.40. The Morgan fingerprint density at radius 2 is 1.86 bits per heavy atom. The monoisotopic (exact) mass is 305 g/mol. The SMILES string of the molecule is O=C(O)C(CCOCc1ccccc1)NC(=O)C(F)(F)F. The summed E-state index contributed by atoms with van der Waals surface area (Å²) in [5, 5.41) is 10.2. The Morgan fingerprint density at radius 3 is 2.38 bits per heavy atom. The van der Waals surface area contributed by atoms with Gasteiger partial charge in [0.25, 0.3) is 0 Å².